The van der Waals surface area contributed by atoms with E-state index in [4.69, 9.17) is 5.14 Å². The number of hydrogen-bond acceptors (Lipinski definition) is 5. The molecule has 0 bridgehead atoms. The molecule has 0 radical (unpaired) electrons. The molecule has 0 spiro atoms. The molecule has 0 aliphatic rings. The van der Waals surface area contributed by atoms with E-state index in [2.05, 4.69) is 10.0 Å². The highest BCUT2D eigenvalue weighted by Gasteiger charge is 2.20. The Balaban J connectivity index is 1.90. The van der Waals surface area contributed by atoms with Gasteiger partial charge in [0.1, 0.15) is 5.82 Å². The number of primary sulfonamides is 1. The summed E-state index contributed by atoms with van der Waals surface area (Å²) in [5, 5.41) is 7.85. The summed E-state index contributed by atoms with van der Waals surface area (Å²) in [6.07, 6.45) is 0.431. The topological polar surface area (TPSA) is 135 Å². The minimum Gasteiger partial charge on any atom is -0.322 e. The van der Waals surface area contributed by atoms with Crippen LogP contribution in [-0.4, -0.2) is 22.7 Å². The number of sulfonamides is 2. The molecule has 1 amide bonds. The van der Waals surface area contributed by atoms with Crippen molar-refractivity contribution in [2.75, 3.05) is 10.0 Å². The average molecular weight is 492 g/mol. The lowest BCUT2D eigenvalue weighted by Gasteiger charge is -2.13. The van der Waals surface area contributed by atoms with Crippen LogP contribution in [0.15, 0.2) is 70.5 Å². The summed E-state index contributed by atoms with van der Waals surface area (Å²) in [5.41, 5.74) is 1.44. The Morgan fingerprint density at radius 3 is 2.18 bits per heavy atom. The second-order valence-electron chi connectivity index (χ2n) is 7.26. The molecule has 33 heavy (non-hydrogen) atoms. The normalized spacial score (nSPS) is 11.8. The number of benzene rings is 3. The van der Waals surface area contributed by atoms with Crippen molar-refractivity contribution >= 4 is 37.3 Å². The molecule has 11 heteroatoms. The fourth-order valence-corrected chi connectivity index (χ4v) is 5.09. The van der Waals surface area contributed by atoms with Crippen LogP contribution in [0.1, 0.15) is 28.4 Å². The molecule has 0 unspecified atom stereocenters. The van der Waals surface area contributed by atoms with Gasteiger partial charge < -0.3 is 5.32 Å². The van der Waals surface area contributed by atoms with Crippen molar-refractivity contribution < 1.29 is 26.0 Å². The molecule has 0 aliphatic carbocycles. The predicted octanol–water partition coefficient (Wildman–Crippen LogP) is 3.40. The molecule has 0 fully saturated rings. The second kappa shape index (κ2) is 9.30. The van der Waals surface area contributed by atoms with Crippen LogP contribution in [0.25, 0.3) is 0 Å². The molecule has 174 valence electrons. The van der Waals surface area contributed by atoms with Gasteiger partial charge in [-0.25, -0.2) is 26.4 Å². The van der Waals surface area contributed by atoms with Crippen LogP contribution in [0.4, 0.5) is 15.8 Å². The summed E-state index contributed by atoms with van der Waals surface area (Å²) in [6, 6.07) is 13.2. The van der Waals surface area contributed by atoms with Gasteiger partial charge in [0.05, 0.1) is 9.79 Å². The third-order valence-corrected chi connectivity index (χ3v) is 7.24. The Kier molecular flexibility index (Phi) is 6.86. The van der Waals surface area contributed by atoms with Crippen LogP contribution in [-0.2, 0) is 26.5 Å². The van der Waals surface area contributed by atoms with E-state index < -0.39 is 31.8 Å². The fourth-order valence-electron chi connectivity index (χ4n) is 3.13. The minimum atomic E-state index is -4.06. The van der Waals surface area contributed by atoms with Gasteiger partial charge in [-0.05, 0) is 73.0 Å². The molecule has 8 nitrogen and oxygen atoms in total. The molecule has 0 saturated heterocycles. The highest BCUT2D eigenvalue weighted by molar-refractivity contribution is 7.92. The van der Waals surface area contributed by atoms with Gasteiger partial charge in [0.25, 0.3) is 15.9 Å². The van der Waals surface area contributed by atoms with Gasteiger partial charge in [0.2, 0.25) is 10.0 Å². The van der Waals surface area contributed by atoms with E-state index in [1.165, 1.54) is 42.5 Å². The standard InChI is InChI=1S/C22H22FN3O5S2/c1-3-15-5-8-18(12-21(15)32(24,28)29)25-22(27)20-13-19(11-4-14(20)2)33(30,31)26-17-9-6-16(23)7-10-17/h4-13,26H,3H2,1-2H3,(H,25,27)(H2,24,28,29). The summed E-state index contributed by atoms with van der Waals surface area (Å²) >= 11 is 0. The maximum Gasteiger partial charge on any atom is 0.261 e. The van der Waals surface area contributed by atoms with Crippen molar-refractivity contribution in [2.24, 2.45) is 5.14 Å². The van der Waals surface area contributed by atoms with E-state index in [0.29, 0.717) is 17.5 Å². The van der Waals surface area contributed by atoms with Crippen molar-refractivity contribution in [3.8, 4) is 0 Å². The van der Waals surface area contributed by atoms with E-state index in [1.54, 1.807) is 19.9 Å². The summed E-state index contributed by atoms with van der Waals surface area (Å²) in [5.74, 6) is -1.14. The fraction of sp³-hybridized carbons (Fsp3) is 0.136. The summed E-state index contributed by atoms with van der Waals surface area (Å²) in [6.45, 7) is 3.41. The monoisotopic (exact) mass is 491 g/mol. The number of halogens is 1. The lowest BCUT2D eigenvalue weighted by atomic mass is 10.1. The van der Waals surface area contributed by atoms with E-state index in [9.17, 15) is 26.0 Å². The maximum absolute atomic E-state index is 13.1. The highest BCUT2D eigenvalue weighted by Crippen LogP contribution is 2.23. The van der Waals surface area contributed by atoms with Crippen LogP contribution < -0.4 is 15.2 Å². The third-order valence-electron chi connectivity index (χ3n) is 4.87. The molecular formula is C22H22FN3O5S2. The Morgan fingerprint density at radius 2 is 1.58 bits per heavy atom. The molecule has 0 heterocycles. The largest absolute Gasteiger partial charge is 0.322 e. The van der Waals surface area contributed by atoms with E-state index in [0.717, 1.165) is 12.1 Å². The summed E-state index contributed by atoms with van der Waals surface area (Å²) in [7, 11) is -8.05. The van der Waals surface area contributed by atoms with E-state index in [-0.39, 0.29) is 26.7 Å². The van der Waals surface area contributed by atoms with Crippen molar-refractivity contribution in [1.82, 2.24) is 0 Å². The lowest BCUT2D eigenvalue weighted by molar-refractivity contribution is 0.102. The third kappa shape index (κ3) is 5.75. The minimum absolute atomic E-state index is 0.0775. The predicted molar refractivity (Wildman–Crippen MR) is 124 cm³/mol. The van der Waals surface area contributed by atoms with E-state index >= 15 is 0 Å². The van der Waals surface area contributed by atoms with Crippen molar-refractivity contribution in [3.63, 3.8) is 0 Å². The molecule has 0 aliphatic heterocycles. The smallest absolute Gasteiger partial charge is 0.261 e. The zero-order valence-corrected chi connectivity index (χ0v) is 19.4. The number of rotatable bonds is 7. The first-order chi connectivity index (χ1) is 15.4. The second-order valence-corrected chi connectivity index (χ2v) is 10.5. The number of hydrogen-bond donors (Lipinski definition) is 3. The molecule has 3 aromatic carbocycles. The number of carbonyl (C=O) groups is 1. The van der Waals surface area contributed by atoms with Crippen LogP contribution in [0, 0.1) is 12.7 Å². The Hall–Kier alpha value is -3.28. The van der Waals surface area contributed by atoms with Gasteiger partial charge in [-0.15, -0.1) is 0 Å². The van der Waals surface area contributed by atoms with Crippen LogP contribution in [0.3, 0.4) is 0 Å². The molecule has 0 aromatic heterocycles. The summed E-state index contributed by atoms with van der Waals surface area (Å²) in [4.78, 5) is 12.6. The van der Waals surface area contributed by atoms with Crippen molar-refractivity contribution in [3.05, 3.63) is 83.2 Å². The van der Waals surface area contributed by atoms with Crippen molar-refractivity contribution in [1.29, 1.82) is 0 Å². The maximum atomic E-state index is 13.1. The quantitative estimate of drug-likeness (QED) is 0.465. The highest BCUT2D eigenvalue weighted by atomic mass is 32.2. The number of aryl methyl sites for hydroxylation is 2. The molecule has 0 atom stereocenters. The average Bonchev–Trinajstić information content (AvgIpc) is 2.74. The number of anilines is 2. The lowest BCUT2D eigenvalue weighted by Crippen LogP contribution is -2.18. The Morgan fingerprint density at radius 1 is 0.939 bits per heavy atom. The SMILES string of the molecule is CCc1ccc(NC(=O)c2cc(S(=O)(=O)Nc3ccc(F)cc3)ccc2C)cc1S(N)(=O)=O. The van der Waals surface area contributed by atoms with E-state index in [1.807, 2.05) is 0 Å². The zero-order chi connectivity index (χ0) is 24.4. The van der Waals surface area contributed by atoms with Gasteiger partial charge in [-0.3, -0.25) is 9.52 Å². The number of amides is 1. The summed E-state index contributed by atoms with van der Waals surface area (Å²) < 4.78 is 64.6. The first-order valence-corrected chi connectivity index (χ1v) is 12.8. The molecule has 4 N–H and O–H groups in total. The van der Waals surface area contributed by atoms with Gasteiger partial charge in [-0.1, -0.05) is 19.1 Å². The van der Waals surface area contributed by atoms with Crippen LogP contribution in [0.2, 0.25) is 0 Å². The first-order valence-electron chi connectivity index (χ1n) is 9.77. The van der Waals surface area contributed by atoms with Gasteiger partial charge in [0.15, 0.2) is 0 Å². The Bertz CT molecular complexity index is 1420. The van der Waals surface area contributed by atoms with Crippen LogP contribution in [0.5, 0.6) is 0 Å². The van der Waals surface area contributed by atoms with Crippen LogP contribution >= 0.6 is 0 Å². The zero-order valence-electron chi connectivity index (χ0n) is 17.8. The Labute approximate surface area is 191 Å². The number of nitrogens with one attached hydrogen (secondary N) is 2. The van der Waals surface area contributed by atoms with Gasteiger partial charge in [-0.2, -0.15) is 0 Å². The first kappa shape index (κ1) is 24.4. The molecule has 3 rings (SSSR count). The number of nitrogens with two attached hydrogens (primary N) is 1. The molecular weight excluding hydrogens is 469 g/mol. The van der Waals surface area contributed by atoms with Gasteiger partial charge in [0, 0.05) is 16.9 Å². The van der Waals surface area contributed by atoms with Gasteiger partial charge >= 0.3 is 0 Å². The molecule has 3 aromatic rings. The number of carbonyl (C=O) groups excluding carboxylic acids is 1. The molecule has 0 saturated carbocycles. The van der Waals surface area contributed by atoms with Crippen molar-refractivity contribution in [2.45, 2.75) is 30.1 Å².